The van der Waals surface area contributed by atoms with Crippen LogP contribution in [0.3, 0.4) is 0 Å². The Morgan fingerprint density at radius 2 is 1.94 bits per heavy atom. The van der Waals surface area contributed by atoms with Gasteiger partial charge in [-0.25, -0.2) is 4.68 Å². The number of methoxy groups -OCH3 is 1. The van der Waals surface area contributed by atoms with Gasteiger partial charge < -0.3 is 18.9 Å². The van der Waals surface area contributed by atoms with Gasteiger partial charge in [-0.05, 0) is 68.0 Å². The van der Waals surface area contributed by atoms with E-state index in [-0.39, 0.29) is 5.91 Å². The minimum atomic E-state index is -0.00830. The molecule has 1 aliphatic rings. The van der Waals surface area contributed by atoms with Crippen LogP contribution in [0.1, 0.15) is 16.9 Å². The number of carbonyl (C=O) groups is 1. The maximum atomic E-state index is 13.0. The van der Waals surface area contributed by atoms with Crippen molar-refractivity contribution < 1.29 is 9.53 Å². The summed E-state index contributed by atoms with van der Waals surface area (Å²) in [6.07, 6.45) is 4.94. The highest BCUT2D eigenvalue weighted by molar-refractivity contribution is 5.92. The number of hydrogen-bond acceptors (Lipinski definition) is 4. The number of carbonyl (C=O) groups excluding carboxylic acids is 1. The van der Waals surface area contributed by atoms with E-state index in [2.05, 4.69) is 59.0 Å². The van der Waals surface area contributed by atoms with Crippen LogP contribution in [0.25, 0.3) is 22.5 Å². The highest BCUT2D eigenvalue weighted by Gasteiger charge is 2.29. The molecule has 1 fully saturated rings. The second-order valence-electron chi connectivity index (χ2n) is 8.44. The molecule has 7 heteroatoms. The Morgan fingerprint density at radius 1 is 1.09 bits per heavy atom. The maximum absolute atomic E-state index is 13.0. The summed E-state index contributed by atoms with van der Waals surface area (Å²) in [5, 5.41) is 4.62. The second kappa shape index (κ2) is 8.16. The predicted octanol–water partition coefficient (Wildman–Crippen LogP) is 3.58. The van der Waals surface area contributed by atoms with Crippen molar-refractivity contribution >= 4 is 11.4 Å². The molecule has 4 heterocycles. The number of benzene rings is 1. The van der Waals surface area contributed by atoms with E-state index in [1.807, 2.05) is 35.4 Å². The number of pyridine rings is 1. The lowest BCUT2D eigenvalue weighted by Crippen LogP contribution is -2.34. The number of aromatic nitrogens is 3. The number of ether oxygens (including phenoxy) is 1. The predicted molar refractivity (Wildman–Crippen MR) is 125 cm³/mol. The fraction of sp³-hybridized carbons (Fsp3) is 0.280. The summed E-state index contributed by atoms with van der Waals surface area (Å²) < 4.78 is 9.23. The zero-order valence-corrected chi connectivity index (χ0v) is 18.6. The first kappa shape index (κ1) is 20.3. The Bertz CT molecular complexity index is 1270. The van der Waals surface area contributed by atoms with Gasteiger partial charge in [0.05, 0.1) is 7.11 Å². The first-order valence-electron chi connectivity index (χ1n) is 10.8. The molecule has 0 N–H and O–H groups in total. The number of likely N-dealkylation sites (N-methyl/N-ethyl adjacent to an activating group) is 1. The third-order valence-electron chi connectivity index (χ3n) is 6.26. The molecule has 0 saturated carbocycles. The Kier molecular flexibility index (Phi) is 5.19. The molecule has 32 heavy (non-hydrogen) atoms. The van der Waals surface area contributed by atoms with Crippen molar-refractivity contribution in [2.45, 2.75) is 12.5 Å². The van der Waals surface area contributed by atoms with Crippen LogP contribution < -0.4 is 4.74 Å². The van der Waals surface area contributed by atoms with Crippen LogP contribution in [0.4, 0.5) is 0 Å². The molecule has 4 aromatic rings. The third-order valence-corrected chi connectivity index (χ3v) is 6.26. The van der Waals surface area contributed by atoms with E-state index < -0.39 is 0 Å². The summed E-state index contributed by atoms with van der Waals surface area (Å²) in [5.74, 6) is 1.70. The molecule has 5 rings (SSSR count). The van der Waals surface area contributed by atoms with Gasteiger partial charge in [0.2, 0.25) is 0 Å². The molecule has 1 atom stereocenters. The molecule has 7 nitrogen and oxygen atoms in total. The van der Waals surface area contributed by atoms with E-state index >= 15 is 0 Å². The fourth-order valence-electron chi connectivity index (χ4n) is 4.32. The number of nitrogens with zero attached hydrogens (tertiary/aromatic N) is 5. The zero-order valence-electron chi connectivity index (χ0n) is 18.6. The molecule has 3 aromatic heterocycles. The summed E-state index contributed by atoms with van der Waals surface area (Å²) in [7, 11) is 5.79. The Labute approximate surface area is 187 Å². The Hall–Kier alpha value is -3.58. The van der Waals surface area contributed by atoms with Gasteiger partial charge in [0, 0.05) is 37.0 Å². The minimum Gasteiger partial charge on any atom is -0.497 e. The van der Waals surface area contributed by atoms with Crippen LogP contribution in [0.2, 0.25) is 0 Å². The number of likely N-dealkylation sites (tertiary alicyclic amines) is 1. The first-order valence-corrected chi connectivity index (χ1v) is 10.8. The van der Waals surface area contributed by atoms with E-state index in [9.17, 15) is 4.79 Å². The third kappa shape index (κ3) is 3.65. The second-order valence-corrected chi connectivity index (χ2v) is 8.44. The molecule has 0 spiro atoms. The SMILES string of the molecule is COc1cccc(-c2ccc3ccc(-n4ccc(C(=O)N5CC[C@H](N(C)C)C5)n4)n3c2)c1. The van der Waals surface area contributed by atoms with Gasteiger partial charge in [-0.3, -0.25) is 4.79 Å². The van der Waals surface area contributed by atoms with E-state index in [1.165, 1.54) is 0 Å². The summed E-state index contributed by atoms with van der Waals surface area (Å²) in [5.41, 5.74) is 3.68. The van der Waals surface area contributed by atoms with E-state index in [0.29, 0.717) is 11.7 Å². The first-order chi connectivity index (χ1) is 15.5. The van der Waals surface area contributed by atoms with Gasteiger partial charge in [0.1, 0.15) is 11.6 Å². The van der Waals surface area contributed by atoms with Crippen LogP contribution in [-0.4, -0.2) is 70.2 Å². The standard InChI is InChI=1S/C25H27N5O2/c1-27(2)21-11-13-28(17-21)25(31)23-12-14-30(26-23)24-10-9-20-8-7-19(16-29(20)24)18-5-4-6-22(15-18)32-3/h4-10,12,14-16,21H,11,13,17H2,1-3H3/t21-/m0/s1. The van der Waals surface area contributed by atoms with Gasteiger partial charge in [-0.2, -0.15) is 5.10 Å². The zero-order chi connectivity index (χ0) is 22.2. The van der Waals surface area contributed by atoms with Crippen LogP contribution in [0.15, 0.2) is 67.0 Å². The molecule has 1 saturated heterocycles. The van der Waals surface area contributed by atoms with Gasteiger partial charge in [-0.1, -0.05) is 18.2 Å². The van der Waals surface area contributed by atoms with Crippen LogP contribution in [0.5, 0.6) is 5.75 Å². The molecule has 0 bridgehead atoms. The highest BCUT2D eigenvalue weighted by Crippen LogP contribution is 2.26. The van der Waals surface area contributed by atoms with E-state index in [4.69, 9.17) is 4.74 Å². The summed E-state index contributed by atoms with van der Waals surface area (Å²) in [4.78, 5) is 17.1. The lowest BCUT2D eigenvalue weighted by atomic mass is 10.1. The van der Waals surface area contributed by atoms with Crippen LogP contribution in [0, 0.1) is 0 Å². The van der Waals surface area contributed by atoms with Gasteiger partial charge in [0.25, 0.3) is 5.91 Å². The Morgan fingerprint density at radius 3 is 2.72 bits per heavy atom. The maximum Gasteiger partial charge on any atom is 0.274 e. The van der Waals surface area contributed by atoms with Crippen LogP contribution in [-0.2, 0) is 0 Å². The summed E-state index contributed by atoms with van der Waals surface area (Å²) in [6, 6.07) is 18.5. The van der Waals surface area contributed by atoms with E-state index in [0.717, 1.165) is 47.7 Å². The molecular formula is C25H27N5O2. The average molecular weight is 430 g/mol. The topological polar surface area (TPSA) is 55.0 Å². The van der Waals surface area contributed by atoms with Crippen molar-refractivity contribution in [3.05, 3.63) is 72.7 Å². The number of rotatable bonds is 5. The highest BCUT2D eigenvalue weighted by atomic mass is 16.5. The van der Waals surface area contributed by atoms with Crippen molar-refractivity contribution in [2.24, 2.45) is 0 Å². The molecule has 164 valence electrons. The monoisotopic (exact) mass is 429 g/mol. The smallest absolute Gasteiger partial charge is 0.274 e. The molecule has 1 aliphatic heterocycles. The molecule has 0 radical (unpaired) electrons. The normalized spacial score (nSPS) is 16.2. The molecule has 0 unspecified atom stereocenters. The van der Waals surface area contributed by atoms with Gasteiger partial charge >= 0.3 is 0 Å². The van der Waals surface area contributed by atoms with Crippen LogP contribution >= 0.6 is 0 Å². The lowest BCUT2D eigenvalue weighted by molar-refractivity contribution is 0.0777. The molecule has 0 aliphatic carbocycles. The quantitative estimate of drug-likeness (QED) is 0.487. The van der Waals surface area contributed by atoms with Gasteiger partial charge in [0.15, 0.2) is 5.69 Å². The number of hydrogen-bond donors (Lipinski definition) is 0. The Balaban J connectivity index is 1.44. The number of fused-ring (bicyclic) bond motifs is 1. The fourth-order valence-corrected chi connectivity index (χ4v) is 4.32. The summed E-state index contributed by atoms with van der Waals surface area (Å²) >= 11 is 0. The largest absolute Gasteiger partial charge is 0.497 e. The van der Waals surface area contributed by atoms with Crippen molar-refractivity contribution in [2.75, 3.05) is 34.3 Å². The average Bonchev–Trinajstić information content (AvgIpc) is 3.57. The molecular weight excluding hydrogens is 402 g/mol. The summed E-state index contributed by atoms with van der Waals surface area (Å²) in [6.45, 7) is 1.52. The minimum absolute atomic E-state index is 0.00830. The van der Waals surface area contributed by atoms with E-state index in [1.54, 1.807) is 17.9 Å². The van der Waals surface area contributed by atoms with Crippen molar-refractivity contribution in [3.8, 4) is 22.7 Å². The van der Waals surface area contributed by atoms with Crippen molar-refractivity contribution in [3.63, 3.8) is 0 Å². The molecule has 1 aromatic carbocycles. The van der Waals surface area contributed by atoms with Crippen molar-refractivity contribution in [1.29, 1.82) is 0 Å². The lowest BCUT2D eigenvalue weighted by Gasteiger charge is -2.19. The molecule has 1 amide bonds. The van der Waals surface area contributed by atoms with Gasteiger partial charge in [-0.15, -0.1) is 0 Å². The van der Waals surface area contributed by atoms with Crippen molar-refractivity contribution in [1.82, 2.24) is 24.0 Å². The number of amides is 1.